The monoisotopic (exact) mass is 278 g/mol. The predicted octanol–water partition coefficient (Wildman–Crippen LogP) is 5.02. The molecule has 0 bridgehead atoms. The number of ether oxygens (including phenoxy) is 1. The standard InChI is InChI=1S/C20H22O/c1-3-11-17-15(7-1)9-5-13-19(17)21-20-14-6-10-16-8-2-4-12-18(16)20/h1,3,6-7,10-11,14,19H,2,4-5,8-9,12-13H2. The summed E-state index contributed by atoms with van der Waals surface area (Å²) in [7, 11) is 0. The van der Waals surface area contributed by atoms with E-state index in [1.54, 1.807) is 0 Å². The van der Waals surface area contributed by atoms with Crippen molar-refractivity contribution in [2.75, 3.05) is 0 Å². The van der Waals surface area contributed by atoms with Gasteiger partial charge in [0.25, 0.3) is 0 Å². The number of hydrogen-bond donors (Lipinski definition) is 0. The molecule has 0 aromatic heterocycles. The Hall–Kier alpha value is -1.76. The van der Waals surface area contributed by atoms with Gasteiger partial charge in [0.2, 0.25) is 0 Å². The maximum Gasteiger partial charge on any atom is 0.124 e. The third-order valence-corrected chi connectivity index (χ3v) is 4.94. The second kappa shape index (κ2) is 5.55. The van der Waals surface area contributed by atoms with Crippen molar-refractivity contribution < 1.29 is 4.74 Å². The van der Waals surface area contributed by atoms with Gasteiger partial charge < -0.3 is 4.74 Å². The molecule has 1 atom stereocenters. The molecule has 0 radical (unpaired) electrons. The minimum absolute atomic E-state index is 0.239. The van der Waals surface area contributed by atoms with Gasteiger partial charge in [-0.2, -0.15) is 0 Å². The van der Waals surface area contributed by atoms with Gasteiger partial charge in [0, 0.05) is 0 Å². The zero-order valence-electron chi connectivity index (χ0n) is 12.5. The molecule has 2 aliphatic carbocycles. The zero-order chi connectivity index (χ0) is 14.1. The lowest BCUT2D eigenvalue weighted by Crippen LogP contribution is -2.16. The first-order valence-corrected chi connectivity index (χ1v) is 8.27. The van der Waals surface area contributed by atoms with Gasteiger partial charge in [-0.3, -0.25) is 0 Å². The lowest BCUT2D eigenvalue weighted by Gasteiger charge is -2.28. The quantitative estimate of drug-likeness (QED) is 0.749. The highest BCUT2D eigenvalue weighted by molar-refractivity contribution is 5.42. The van der Waals surface area contributed by atoms with Crippen LogP contribution in [-0.2, 0) is 19.3 Å². The Balaban J connectivity index is 1.66. The molecular formula is C20H22O. The van der Waals surface area contributed by atoms with E-state index < -0.39 is 0 Å². The summed E-state index contributed by atoms with van der Waals surface area (Å²) < 4.78 is 6.48. The summed E-state index contributed by atoms with van der Waals surface area (Å²) in [6.07, 6.45) is 8.83. The average molecular weight is 278 g/mol. The fourth-order valence-corrected chi connectivity index (χ4v) is 3.84. The summed E-state index contributed by atoms with van der Waals surface area (Å²) >= 11 is 0. The van der Waals surface area contributed by atoms with Crippen molar-refractivity contribution in [1.82, 2.24) is 0 Å². The van der Waals surface area contributed by atoms with Crippen molar-refractivity contribution in [2.45, 2.75) is 51.0 Å². The fraction of sp³-hybridized carbons (Fsp3) is 0.400. The Labute approximate surface area is 127 Å². The Kier molecular flexibility index (Phi) is 3.42. The van der Waals surface area contributed by atoms with E-state index in [1.165, 1.54) is 60.8 Å². The molecule has 2 aliphatic rings. The Morgan fingerprint density at radius 1 is 0.762 bits per heavy atom. The van der Waals surface area contributed by atoms with Crippen molar-refractivity contribution in [3.8, 4) is 5.75 Å². The highest BCUT2D eigenvalue weighted by Crippen LogP contribution is 2.37. The molecule has 2 aromatic carbocycles. The van der Waals surface area contributed by atoms with Crippen molar-refractivity contribution in [3.05, 3.63) is 64.7 Å². The highest BCUT2D eigenvalue weighted by Gasteiger charge is 2.23. The maximum atomic E-state index is 6.48. The van der Waals surface area contributed by atoms with Crippen LogP contribution in [0.5, 0.6) is 5.75 Å². The van der Waals surface area contributed by atoms with Crippen LogP contribution < -0.4 is 4.74 Å². The molecule has 0 fully saturated rings. The van der Waals surface area contributed by atoms with Crippen LogP contribution in [0.4, 0.5) is 0 Å². The van der Waals surface area contributed by atoms with Gasteiger partial charge in [-0.1, -0.05) is 36.4 Å². The number of rotatable bonds is 2. The molecule has 0 spiro atoms. The molecule has 1 nitrogen and oxygen atoms in total. The van der Waals surface area contributed by atoms with E-state index in [2.05, 4.69) is 42.5 Å². The molecule has 2 aromatic rings. The van der Waals surface area contributed by atoms with Gasteiger partial charge in [-0.25, -0.2) is 0 Å². The first kappa shape index (κ1) is 12.9. The normalized spacial score (nSPS) is 20.5. The Bertz CT molecular complexity index is 644. The molecule has 0 heterocycles. The predicted molar refractivity (Wildman–Crippen MR) is 85.8 cm³/mol. The third kappa shape index (κ3) is 2.46. The summed E-state index contributed by atoms with van der Waals surface area (Å²) in [6, 6.07) is 15.4. The summed E-state index contributed by atoms with van der Waals surface area (Å²) in [6.45, 7) is 0. The molecule has 0 saturated heterocycles. The smallest absolute Gasteiger partial charge is 0.124 e. The van der Waals surface area contributed by atoms with E-state index >= 15 is 0 Å². The molecule has 0 aliphatic heterocycles. The minimum atomic E-state index is 0.239. The van der Waals surface area contributed by atoms with Gasteiger partial charge in [0.1, 0.15) is 11.9 Å². The van der Waals surface area contributed by atoms with Crippen LogP contribution in [0.25, 0.3) is 0 Å². The lowest BCUT2D eigenvalue weighted by molar-refractivity contribution is 0.181. The Morgan fingerprint density at radius 3 is 2.57 bits per heavy atom. The molecule has 0 N–H and O–H groups in total. The van der Waals surface area contributed by atoms with Gasteiger partial charge in [0.15, 0.2) is 0 Å². The first-order valence-electron chi connectivity index (χ1n) is 8.27. The number of fused-ring (bicyclic) bond motifs is 2. The minimum Gasteiger partial charge on any atom is -0.485 e. The summed E-state index contributed by atoms with van der Waals surface area (Å²) in [5, 5.41) is 0. The fourth-order valence-electron chi connectivity index (χ4n) is 3.84. The van der Waals surface area contributed by atoms with Crippen LogP contribution in [0.3, 0.4) is 0 Å². The molecule has 0 saturated carbocycles. The molecule has 21 heavy (non-hydrogen) atoms. The van der Waals surface area contributed by atoms with E-state index in [0.717, 1.165) is 12.2 Å². The SMILES string of the molecule is c1ccc2c(c1)CCCC2Oc1cccc2c1CCCC2. The van der Waals surface area contributed by atoms with E-state index in [4.69, 9.17) is 4.74 Å². The molecule has 0 amide bonds. The van der Waals surface area contributed by atoms with E-state index in [0.29, 0.717) is 0 Å². The van der Waals surface area contributed by atoms with Gasteiger partial charge in [0.05, 0.1) is 0 Å². The van der Waals surface area contributed by atoms with Crippen LogP contribution in [-0.4, -0.2) is 0 Å². The highest BCUT2D eigenvalue weighted by atomic mass is 16.5. The summed E-state index contributed by atoms with van der Waals surface area (Å²) in [4.78, 5) is 0. The second-order valence-electron chi connectivity index (χ2n) is 6.30. The second-order valence-corrected chi connectivity index (χ2v) is 6.30. The van der Waals surface area contributed by atoms with Crippen LogP contribution in [0, 0.1) is 0 Å². The third-order valence-electron chi connectivity index (χ3n) is 4.94. The van der Waals surface area contributed by atoms with Gasteiger partial charge in [-0.05, 0) is 73.3 Å². The zero-order valence-corrected chi connectivity index (χ0v) is 12.5. The Morgan fingerprint density at radius 2 is 1.57 bits per heavy atom. The average Bonchev–Trinajstić information content (AvgIpc) is 2.56. The van der Waals surface area contributed by atoms with Crippen LogP contribution >= 0.6 is 0 Å². The van der Waals surface area contributed by atoms with Crippen molar-refractivity contribution >= 4 is 0 Å². The van der Waals surface area contributed by atoms with Crippen LogP contribution in [0.1, 0.15) is 54.0 Å². The van der Waals surface area contributed by atoms with Crippen molar-refractivity contribution in [1.29, 1.82) is 0 Å². The van der Waals surface area contributed by atoms with Crippen LogP contribution in [0.15, 0.2) is 42.5 Å². The van der Waals surface area contributed by atoms with E-state index in [1.807, 2.05) is 0 Å². The number of aryl methyl sites for hydroxylation is 2. The largest absolute Gasteiger partial charge is 0.485 e. The molecular weight excluding hydrogens is 256 g/mol. The lowest BCUT2D eigenvalue weighted by atomic mass is 9.88. The summed E-state index contributed by atoms with van der Waals surface area (Å²) in [5.41, 5.74) is 5.84. The number of hydrogen-bond acceptors (Lipinski definition) is 1. The molecule has 4 rings (SSSR count). The molecule has 108 valence electrons. The topological polar surface area (TPSA) is 9.23 Å². The van der Waals surface area contributed by atoms with Crippen molar-refractivity contribution in [2.24, 2.45) is 0 Å². The molecule has 1 heteroatoms. The van der Waals surface area contributed by atoms with Gasteiger partial charge in [-0.15, -0.1) is 0 Å². The number of benzene rings is 2. The molecule has 1 unspecified atom stereocenters. The van der Waals surface area contributed by atoms with E-state index in [9.17, 15) is 0 Å². The van der Waals surface area contributed by atoms with Crippen LogP contribution in [0.2, 0.25) is 0 Å². The summed E-state index contributed by atoms with van der Waals surface area (Å²) in [5.74, 6) is 1.13. The first-order chi connectivity index (χ1) is 10.4. The van der Waals surface area contributed by atoms with Crippen molar-refractivity contribution in [3.63, 3.8) is 0 Å². The van der Waals surface area contributed by atoms with Gasteiger partial charge >= 0.3 is 0 Å². The maximum absolute atomic E-state index is 6.48. The van der Waals surface area contributed by atoms with E-state index in [-0.39, 0.29) is 6.10 Å².